The van der Waals surface area contributed by atoms with E-state index in [1.54, 1.807) is 6.92 Å². The number of carboxylic acid groups (broad SMARTS) is 1. The lowest BCUT2D eigenvalue weighted by atomic mass is 9.87. The molecule has 5 nitrogen and oxygen atoms in total. The largest absolute Gasteiger partial charge is 0.481 e. The Hall–Kier alpha value is -1.26. The van der Waals surface area contributed by atoms with Crippen LogP contribution in [0.4, 0.5) is 4.79 Å². The van der Waals surface area contributed by atoms with Crippen LogP contribution in [0.1, 0.15) is 40.5 Å². The number of hydrogen-bond donors (Lipinski definition) is 2. The number of rotatable bonds is 5. The van der Waals surface area contributed by atoms with Gasteiger partial charge in [-0.15, -0.1) is 0 Å². The first kappa shape index (κ1) is 14.7. The number of ether oxygens (including phenoxy) is 1. The maximum atomic E-state index is 11.2. The van der Waals surface area contributed by atoms with Gasteiger partial charge in [-0.2, -0.15) is 0 Å². The molecule has 0 spiro atoms. The highest BCUT2D eigenvalue weighted by molar-refractivity contribution is 5.71. The molecule has 0 saturated carbocycles. The van der Waals surface area contributed by atoms with Crippen molar-refractivity contribution in [2.45, 2.75) is 46.6 Å². The number of carbonyl (C=O) groups excluding carboxylic acids is 1. The molecule has 0 aliphatic carbocycles. The third kappa shape index (κ3) is 8.08. The predicted molar refractivity (Wildman–Crippen MR) is 60.3 cm³/mol. The fraction of sp³-hybridized carbons (Fsp3) is 0.818. The summed E-state index contributed by atoms with van der Waals surface area (Å²) in [5.41, 5.74) is -0.0421. The Balaban J connectivity index is 4.31. The molecule has 0 aliphatic heterocycles. The fourth-order valence-electron chi connectivity index (χ4n) is 1.46. The highest BCUT2D eigenvalue weighted by Gasteiger charge is 2.22. The van der Waals surface area contributed by atoms with Crippen molar-refractivity contribution >= 4 is 12.1 Å². The molecule has 94 valence electrons. The molecule has 0 aromatic rings. The van der Waals surface area contributed by atoms with Crippen LogP contribution in [0.3, 0.4) is 0 Å². The van der Waals surface area contributed by atoms with Gasteiger partial charge in [0.15, 0.2) is 0 Å². The molecule has 1 unspecified atom stereocenters. The van der Waals surface area contributed by atoms with E-state index in [-0.39, 0.29) is 18.4 Å². The summed E-state index contributed by atoms with van der Waals surface area (Å²) in [7, 11) is 0. The summed E-state index contributed by atoms with van der Waals surface area (Å²) in [5, 5.41) is 11.3. The molecular weight excluding hydrogens is 210 g/mol. The number of alkyl carbamates (subject to hydrolysis) is 1. The summed E-state index contributed by atoms with van der Waals surface area (Å²) in [6, 6.07) is -0.392. The molecule has 0 aliphatic rings. The lowest BCUT2D eigenvalue weighted by Gasteiger charge is -2.25. The van der Waals surface area contributed by atoms with Crippen LogP contribution in [0, 0.1) is 5.41 Å². The van der Waals surface area contributed by atoms with Crippen molar-refractivity contribution in [1.82, 2.24) is 5.32 Å². The molecule has 1 atom stereocenters. The third-order valence-corrected chi connectivity index (χ3v) is 1.88. The minimum absolute atomic E-state index is 0.0421. The summed E-state index contributed by atoms with van der Waals surface area (Å²) < 4.78 is 4.73. The first-order chi connectivity index (χ1) is 7.24. The molecule has 0 rings (SSSR count). The molecule has 1 amide bonds. The second kappa shape index (κ2) is 6.35. The van der Waals surface area contributed by atoms with Gasteiger partial charge in [0.2, 0.25) is 0 Å². The quantitative estimate of drug-likeness (QED) is 0.759. The Morgan fingerprint density at radius 1 is 1.38 bits per heavy atom. The van der Waals surface area contributed by atoms with Crippen LogP contribution in [0.2, 0.25) is 0 Å². The van der Waals surface area contributed by atoms with Crippen LogP contribution in [-0.4, -0.2) is 29.8 Å². The minimum Gasteiger partial charge on any atom is -0.481 e. The van der Waals surface area contributed by atoms with E-state index in [0.29, 0.717) is 6.42 Å². The van der Waals surface area contributed by atoms with Crippen molar-refractivity contribution < 1.29 is 19.4 Å². The van der Waals surface area contributed by atoms with Crippen LogP contribution < -0.4 is 5.32 Å². The van der Waals surface area contributed by atoms with E-state index in [0.717, 1.165) is 0 Å². The Morgan fingerprint density at radius 3 is 2.31 bits per heavy atom. The molecule has 16 heavy (non-hydrogen) atoms. The van der Waals surface area contributed by atoms with E-state index in [2.05, 4.69) is 5.32 Å². The predicted octanol–water partition coefficient (Wildman–Crippen LogP) is 2.01. The van der Waals surface area contributed by atoms with E-state index in [4.69, 9.17) is 9.84 Å². The number of carboxylic acids is 1. The second-order valence-corrected chi connectivity index (χ2v) is 4.92. The molecule has 0 fully saturated rings. The average Bonchev–Trinajstić information content (AvgIpc) is 1.98. The van der Waals surface area contributed by atoms with E-state index in [1.165, 1.54) is 0 Å². The molecular formula is C11H21NO4. The van der Waals surface area contributed by atoms with Gasteiger partial charge in [0.1, 0.15) is 0 Å². The van der Waals surface area contributed by atoms with Gasteiger partial charge < -0.3 is 15.2 Å². The minimum atomic E-state index is -0.925. The summed E-state index contributed by atoms with van der Waals surface area (Å²) in [4.78, 5) is 21.8. The SMILES string of the molecule is CCOC(=O)NC(CC(=O)O)CC(C)(C)C. The van der Waals surface area contributed by atoms with Gasteiger partial charge in [-0.3, -0.25) is 4.79 Å². The van der Waals surface area contributed by atoms with E-state index >= 15 is 0 Å². The van der Waals surface area contributed by atoms with Gasteiger partial charge in [0, 0.05) is 6.04 Å². The number of amides is 1. The monoisotopic (exact) mass is 231 g/mol. The van der Waals surface area contributed by atoms with Gasteiger partial charge in [0.25, 0.3) is 0 Å². The van der Waals surface area contributed by atoms with E-state index in [1.807, 2.05) is 20.8 Å². The lowest BCUT2D eigenvalue weighted by molar-refractivity contribution is -0.137. The Kier molecular flexibility index (Phi) is 5.85. The van der Waals surface area contributed by atoms with Crippen molar-refractivity contribution in [2.24, 2.45) is 5.41 Å². The van der Waals surface area contributed by atoms with E-state index in [9.17, 15) is 9.59 Å². The van der Waals surface area contributed by atoms with Crippen molar-refractivity contribution in [2.75, 3.05) is 6.61 Å². The summed E-state index contributed by atoms with van der Waals surface area (Å²) in [6.45, 7) is 7.97. The zero-order chi connectivity index (χ0) is 12.8. The third-order valence-electron chi connectivity index (χ3n) is 1.88. The van der Waals surface area contributed by atoms with Crippen molar-refractivity contribution in [3.05, 3.63) is 0 Å². The van der Waals surface area contributed by atoms with Crippen LogP contribution in [0.25, 0.3) is 0 Å². The number of nitrogens with one attached hydrogen (secondary N) is 1. The first-order valence-corrected chi connectivity index (χ1v) is 5.39. The molecule has 0 aromatic carbocycles. The average molecular weight is 231 g/mol. The van der Waals surface area contributed by atoms with Crippen molar-refractivity contribution in [3.8, 4) is 0 Å². The Morgan fingerprint density at radius 2 is 1.94 bits per heavy atom. The zero-order valence-corrected chi connectivity index (χ0v) is 10.4. The molecule has 2 N–H and O–H groups in total. The maximum Gasteiger partial charge on any atom is 0.407 e. The standard InChI is InChI=1S/C11H21NO4/c1-5-16-10(15)12-8(6-9(13)14)7-11(2,3)4/h8H,5-7H2,1-4H3,(H,12,15)(H,13,14). The smallest absolute Gasteiger partial charge is 0.407 e. The molecule has 0 aromatic heterocycles. The second-order valence-electron chi connectivity index (χ2n) is 4.92. The zero-order valence-electron chi connectivity index (χ0n) is 10.4. The van der Waals surface area contributed by atoms with Gasteiger partial charge in [-0.25, -0.2) is 4.79 Å². The normalized spacial score (nSPS) is 13.0. The molecule has 0 bridgehead atoms. The summed E-state index contributed by atoms with van der Waals surface area (Å²) in [6.07, 6.45) is -0.0493. The van der Waals surface area contributed by atoms with Gasteiger partial charge >= 0.3 is 12.1 Å². The van der Waals surface area contributed by atoms with E-state index < -0.39 is 18.1 Å². The highest BCUT2D eigenvalue weighted by Crippen LogP contribution is 2.22. The Labute approximate surface area is 96.2 Å². The van der Waals surface area contributed by atoms with Crippen molar-refractivity contribution in [3.63, 3.8) is 0 Å². The number of aliphatic carboxylic acids is 1. The topological polar surface area (TPSA) is 75.6 Å². The highest BCUT2D eigenvalue weighted by atomic mass is 16.5. The summed E-state index contributed by atoms with van der Waals surface area (Å²) in [5.74, 6) is -0.925. The number of carbonyl (C=O) groups is 2. The molecule has 0 saturated heterocycles. The van der Waals surface area contributed by atoms with Gasteiger partial charge in [-0.1, -0.05) is 20.8 Å². The maximum absolute atomic E-state index is 11.2. The van der Waals surface area contributed by atoms with Crippen LogP contribution in [0.5, 0.6) is 0 Å². The lowest BCUT2D eigenvalue weighted by Crippen LogP contribution is -2.39. The van der Waals surface area contributed by atoms with Crippen LogP contribution in [-0.2, 0) is 9.53 Å². The van der Waals surface area contributed by atoms with Gasteiger partial charge in [0.05, 0.1) is 13.0 Å². The van der Waals surface area contributed by atoms with Crippen molar-refractivity contribution in [1.29, 1.82) is 0 Å². The Bertz CT molecular complexity index is 245. The first-order valence-electron chi connectivity index (χ1n) is 5.39. The molecule has 5 heteroatoms. The van der Waals surface area contributed by atoms with Crippen LogP contribution in [0.15, 0.2) is 0 Å². The molecule has 0 radical (unpaired) electrons. The summed E-state index contributed by atoms with van der Waals surface area (Å²) >= 11 is 0. The van der Waals surface area contributed by atoms with Gasteiger partial charge in [-0.05, 0) is 18.8 Å². The number of hydrogen-bond acceptors (Lipinski definition) is 3. The fourth-order valence-corrected chi connectivity index (χ4v) is 1.46. The molecule has 0 heterocycles. The van der Waals surface area contributed by atoms with Crippen LogP contribution >= 0.6 is 0 Å².